The number of piperidine rings is 1. The number of aliphatic hydroxyl groups is 1. The predicted molar refractivity (Wildman–Crippen MR) is 63.8 cm³/mol. The summed E-state index contributed by atoms with van der Waals surface area (Å²) in [5.41, 5.74) is 5.91. The summed E-state index contributed by atoms with van der Waals surface area (Å²) in [4.78, 5) is 13.8. The van der Waals surface area contributed by atoms with Crippen molar-refractivity contribution in [3.63, 3.8) is 0 Å². The molecule has 1 heterocycles. The zero-order valence-corrected chi connectivity index (χ0v) is 10.5. The third-order valence-electron chi connectivity index (χ3n) is 3.77. The molecule has 0 aliphatic carbocycles. The van der Waals surface area contributed by atoms with Crippen LogP contribution in [0.15, 0.2) is 0 Å². The van der Waals surface area contributed by atoms with E-state index in [0.717, 1.165) is 19.4 Å². The van der Waals surface area contributed by atoms with Crippen molar-refractivity contribution in [3.8, 4) is 0 Å². The van der Waals surface area contributed by atoms with Crippen molar-refractivity contribution in [2.24, 2.45) is 17.6 Å². The first-order valence-electron chi connectivity index (χ1n) is 6.19. The van der Waals surface area contributed by atoms with E-state index in [4.69, 9.17) is 5.73 Å². The molecule has 1 saturated heterocycles. The van der Waals surface area contributed by atoms with Crippen molar-refractivity contribution in [1.82, 2.24) is 4.90 Å². The Morgan fingerprint density at radius 2 is 2.25 bits per heavy atom. The second kappa shape index (κ2) is 5.64. The second-order valence-electron chi connectivity index (χ2n) is 5.03. The Kier molecular flexibility index (Phi) is 4.74. The molecule has 0 aromatic carbocycles. The molecule has 0 saturated carbocycles. The summed E-state index contributed by atoms with van der Waals surface area (Å²) in [5.74, 6) is 0.466. The van der Waals surface area contributed by atoms with Gasteiger partial charge in [-0.3, -0.25) is 4.79 Å². The van der Waals surface area contributed by atoms with Gasteiger partial charge in [0.25, 0.3) is 0 Å². The van der Waals surface area contributed by atoms with Gasteiger partial charge in [0, 0.05) is 13.1 Å². The zero-order valence-electron chi connectivity index (χ0n) is 10.5. The van der Waals surface area contributed by atoms with Gasteiger partial charge in [0.1, 0.15) is 0 Å². The normalized spacial score (nSPS) is 29.9. The van der Waals surface area contributed by atoms with Gasteiger partial charge in [0.2, 0.25) is 5.91 Å². The lowest BCUT2D eigenvalue weighted by Crippen LogP contribution is -2.53. The molecule has 0 spiro atoms. The smallest absolute Gasteiger partial charge is 0.239 e. The number of amides is 1. The maximum Gasteiger partial charge on any atom is 0.239 e. The van der Waals surface area contributed by atoms with E-state index in [1.165, 1.54) is 0 Å². The van der Waals surface area contributed by atoms with Crippen molar-refractivity contribution in [1.29, 1.82) is 0 Å². The molecule has 4 atom stereocenters. The Balaban J connectivity index is 2.55. The second-order valence-corrected chi connectivity index (χ2v) is 5.03. The number of rotatable bonds is 3. The maximum atomic E-state index is 12.0. The van der Waals surface area contributed by atoms with Crippen molar-refractivity contribution >= 4 is 5.91 Å². The van der Waals surface area contributed by atoms with Gasteiger partial charge in [-0.2, -0.15) is 0 Å². The van der Waals surface area contributed by atoms with Crippen LogP contribution in [0.5, 0.6) is 0 Å². The number of β-amino-alcohol motifs (C(OH)–C–C–N with tert-alkyl or cyclic N) is 1. The summed E-state index contributed by atoms with van der Waals surface area (Å²) in [7, 11) is 0. The van der Waals surface area contributed by atoms with Gasteiger partial charge in [-0.05, 0) is 18.3 Å². The fraction of sp³-hybridized carbons (Fsp3) is 0.917. The van der Waals surface area contributed by atoms with Gasteiger partial charge in [-0.15, -0.1) is 0 Å². The zero-order chi connectivity index (χ0) is 12.3. The molecule has 4 nitrogen and oxygen atoms in total. The van der Waals surface area contributed by atoms with E-state index in [1.807, 2.05) is 20.8 Å². The fourth-order valence-corrected chi connectivity index (χ4v) is 1.96. The largest absolute Gasteiger partial charge is 0.391 e. The first-order chi connectivity index (χ1) is 7.47. The molecule has 0 radical (unpaired) electrons. The number of hydrogen-bond acceptors (Lipinski definition) is 3. The minimum absolute atomic E-state index is 0.0136. The van der Waals surface area contributed by atoms with Crippen LogP contribution in [0.1, 0.15) is 33.6 Å². The molecular formula is C12H24N2O2. The molecule has 4 heteroatoms. The maximum absolute atomic E-state index is 12.0. The number of nitrogens with zero attached hydrogens (tertiary/aromatic N) is 1. The highest BCUT2D eigenvalue weighted by Crippen LogP contribution is 2.18. The van der Waals surface area contributed by atoms with Crippen LogP contribution in [0, 0.1) is 11.8 Å². The highest BCUT2D eigenvalue weighted by molar-refractivity contribution is 5.82. The van der Waals surface area contributed by atoms with E-state index in [0.29, 0.717) is 6.54 Å². The molecule has 1 rings (SSSR count). The molecule has 16 heavy (non-hydrogen) atoms. The van der Waals surface area contributed by atoms with Gasteiger partial charge in [-0.1, -0.05) is 27.2 Å². The third kappa shape index (κ3) is 2.95. The molecular weight excluding hydrogens is 204 g/mol. The van der Waals surface area contributed by atoms with E-state index in [-0.39, 0.29) is 17.7 Å². The van der Waals surface area contributed by atoms with Gasteiger partial charge >= 0.3 is 0 Å². The molecule has 1 aliphatic rings. The fourth-order valence-electron chi connectivity index (χ4n) is 1.96. The number of likely N-dealkylation sites (tertiary alicyclic amines) is 1. The monoisotopic (exact) mass is 228 g/mol. The Hall–Kier alpha value is -0.610. The Morgan fingerprint density at radius 1 is 1.62 bits per heavy atom. The molecule has 1 fully saturated rings. The lowest BCUT2D eigenvalue weighted by molar-refractivity contribution is -0.138. The van der Waals surface area contributed by atoms with E-state index in [1.54, 1.807) is 4.90 Å². The van der Waals surface area contributed by atoms with Gasteiger partial charge < -0.3 is 15.7 Å². The quantitative estimate of drug-likeness (QED) is 0.743. The Bertz CT molecular complexity index is 245. The lowest BCUT2D eigenvalue weighted by Gasteiger charge is -2.36. The van der Waals surface area contributed by atoms with Crippen LogP contribution in [0.3, 0.4) is 0 Å². The summed E-state index contributed by atoms with van der Waals surface area (Å²) in [6.07, 6.45) is 1.36. The highest BCUT2D eigenvalue weighted by atomic mass is 16.3. The topological polar surface area (TPSA) is 66.6 Å². The highest BCUT2D eigenvalue weighted by Gasteiger charge is 2.31. The Labute approximate surface area is 97.8 Å². The van der Waals surface area contributed by atoms with Crippen LogP contribution in [-0.4, -0.2) is 41.1 Å². The van der Waals surface area contributed by atoms with Crippen molar-refractivity contribution in [3.05, 3.63) is 0 Å². The van der Waals surface area contributed by atoms with Crippen LogP contribution in [0.4, 0.5) is 0 Å². The van der Waals surface area contributed by atoms with Crippen molar-refractivity contribution in [2.45, 2.75) is 45.8 Å². The number of aliphatic hydroxyl groups excluding tert-OH is 1. The minimum Gasteiger partial charge on any atom is -0.391 e. The van der Waals surface area contributed by atoms with Crippen LogP contribution in [0.2, 0.25) is 0 Å². The molecule has 3 unspecified atom stereocenters. The first kappa shape index (κ1) is 13.5. The number of carbonyl (C=O) groups is 1. The van der Waals surface area contributed by atoms with E-state index in [9.17, 15) is 9.90 Å². The summed E-state index contributed by atoms with van der Waals surface area (Å²) >= 11 is 0. The summed E-state index contributed by atoms with van der Waals surface area (Å²) in [6, 6.07) is -0.425. The van der Waals surface area contributed by atoms with Crippen molar-refractivity contribution in [2.75, 3.05) is 13.1 Å². The van der Waals surface area contributed by atoms with E-state index in [2.05, 4.69) is 0 Å². The minimum atomic E-state index is -0.425. The number of nitrogens with two attached hydrogens (primary N) is 1. The first-order valence-corrected chi connectivity index (χ1v) is 6.19. The average molecular weight is 228 g/mol. The standard InChI is InChI=1S/C12H24N2O2/c1-4-8(2)11(13)12(16)14-6-5-9(3)10(15)7-14/h8-11,15H,4-7,13H2,1-3H3/t8?,9?,10?,11-/m0/s1. The average Bonchev–Trinajstić information content (AvgIpc) is 2.29. The van der Waals surface area contributed by atoms with Crippen LogP contribution in [0.25, 0.3) is 0 Å². The SMILES string of the molecule is CCC(C)[C@H](N)C(=O)N1CCC(C)C(O)C1. The summed E-state index contributed by atoms with van der Waals surface area (Å²) < 4.78 is 0. The molecule has 3 N–H and O–H groups in total. The van der Waals surface area contributed by atoms with E-state index >= 15 is 0 Å². The van der Waals surface area contributed by atoms with Crippen molar-refractivity contribution < 1.29 is 9.90 Å². The van der Waals surface area contributed by atoms with Crippen LogP contribution >= 0.6 is 0 Å². The van der Waals surface area contributed by atoms with Crippen LogP contribution in [-0.2, 0) is 4.79 Å². The molecule has 0 bridgehead atoms. The lowest BCUT2D eigenvalue weighted by atomic mass is 9.93. The van der Waals surface area contributed by atoms with Crippen LogP contribution < -0.4 is 5.73 Å². The summed E-state index contributed by atoms with van der Waals surface area (Å²) in [6.45, 7) is 7.20. The number of hydrogen-bond donors (Lipinski definition) is 2. The molecule has 0 aromatic heterocycles. The third-order valence-corrected chi connectivity index (χ3v) is 3.77. The number of carbonyl (C=O) groups excluding carboxylic acids is 1. The van der Waals surface area contributed by atoms with E-state index < -0.39 is 12.1 Å². The van der Waals surface area contributed by atoms with Gasteiger partial charge in [0.05, 0.1) is 12.1 Å². The molecule has 94 valence electrons. The molecule has 0 aromatic rings. The van der Waals surface area contributed by atoms with Gasteiger partial charge in [0.15, 0.2) is 0 Å². The predicted octanol–water partition coefficient (Wildman–Crippen LogP) is 0.589. The summed E-state index contributed by atoms with van der Waals surface area (Å²) in [5, 5.41) is 9.74. The van der Waals surface area contributed by atoms with Gasteiger partial charge in [-0.25, -0.2) is 0 Å². The Morgan fingerprint density at radius 3 is 2.75 bits per heavy atom. The molecule has 1 aliphatic heterocycles. The molecule has 1 amide bonds.